The zero-order valence-electron chi connectivity index (χ0n) is 14.2. The highest BCUT2D eigenvalue weighted by Crippen LogP contribution is 2.24. The summed E-state index contributed by atoms with van der Waals surface area (Å²) >= 11 is 0. The van der Waals surface area contributed by atoms with E-state index in [1.165, 1.54) is 0 Å². The number of carbonyl (C=O) groups excluding carboxylic acids is 1. The van der Waals surface area contributed by atoms with Crippen molar-refractivity contribution in [2.45, 2.75) is 0 Å². The molecule has 0 atom stereocenters. The Morgan fingerprint density at radius 3 is 2.54 bits per heavy atom. The van der Waals surface area contributed by atoms with Gasteiger partial charge in [0.05, 0.1) is 12.8 Å². The number of carbonyl (C=O) groups is 1. The summed E-state index contributed by atoms with van der Waals surface area (Å²) in [5.41, 5.74) is 3.68. The monoisotopic (exact) mass is 343 g/mol. The molecule has 128 valence electrons. The average Bonchev–Trinajstić information content (AvgIpc) is 3.12. The largest absolute Gasteiger partial charge is 0.497 e. The SMILES string of the molecule is COc1ccc(NC(=O)c2ccccc2-c2cn3ccccc3n2)cc1. The summed E-state index contributed by atoms with van der Waals surface area (Å²) in [4.78, 5) is 17.4. The van der Waals surface area contributed by atoms with Crippen LogP contribution in [0.5, 0.6) is 5.75 Å². The number of ether oxygens (including phenoxy) is 1. The van der Waals surface area contributed by atoms with Crippen molar-refractivity contribution in [1.82, 2.24) is 9.38 Å². The van der Waals surface area contributed by atoms with Crippen LogP contribution in [0.1, 0.15) is 10.4 Å². The third kappa shape index (κ3) is 3.02. The highest BCUT2D eigenvalue weighted by Gasteiger charge is 2.15. The molecule has 5 heteroatoms. The molecule has 2 aromatic carbocycles. The first kappa shape index (κ1) is 15.9. The molecule has 0 aliphatic carbocycles. The number of pyridine rings is 1. The molecule has 4 rings (SSSR count). The molecule has 0 unspecified atom stereocenters. The first-order valence-corrected chi connectivity index (χ1v) is 8.23. The van der Waals surface area contributed by atoms with Crippen LogP contribution < -0.4 is 10.1 Å². The first-order valence-electron chi connectivity index (χ1n) is 8.23. The Hall–Kier alpha value is -3.60. The Morgan fingerprint density at radius 1 is 1.00 bits per heavy atom. The Kier molecular flexibility index (Phi) is 4.11. The van der Waals surface area contributed by atoms with E-state index in [-0.39, 0.29) is 5.91 Å². The van der Waals surface area contributed by atoms with Crippen molar-refractivity contribution in [2.75, 3.05) is 12.4 Å². The van der Waals surface area contributed by atoms with E-state index >= 15 is 0 Å². The van der Waals surface area contributed by atoms with Crippen molar-refractivity contribution in [3.63, 3.8) is 0 Å². The predicted octanol–water partition coefficient (Wildman–Crippen LogP) is 4.26. The Balaban J connectivity index is 1.67. The molecule has 2 heterocycles. The van der Waals surface area contributed by atoms with E-state index in [1.807, 2.05) is 77.5 Å². The van der Waals surface area contributed by atoms with Gasteiger partial charge in [0.15, 0.2) is 0 Å². The number of nitrogens with one attached hydrogen (secondary N) is 1. The maximum absolute atomic E-state index is 12.8. The minimum Gasteiger partial charge on any atom is -0.497 e. The summed E-state index contributed by atoms with van der Waals surface area (Å²) in [6.07, 6.45) is 3.86. The fourth-order valence-electron chi connectivity index (χ4n) is 2.84. The topological polar surface area (TPSA) is 55.6 Å². The van der Waals surface area contributed by atoms with E-state index in [1.54, 1.807) is 13.2 Å². The molecule has 0 aliphatic heterocycles. The molecular formula is C21H17N3O2. The number of amides is 1. The number of methoxy groups -OCH3 is 1. The second-order valence-corrected chi connectivity index (χ2v) is 5.82. The van der Waals surface area contributed by atoms with Gasteiger partial charge >= 0.3 is 0 Å². The first-order chi connectivity index (χ1) is 12.7. The zero-order valence-corrected chi connectivity index (χ0v) is 14.2. The van der Waals surface area contributed by atoms with E-state index in [0.29, 0.717) is 11.3 Å². The molecule has 0 radical (unpaired) electrons. The molecule has 0 bridgehead atoms. The number of fused-ring (bicyclic) bond motifs is 1. The minimum absolute atomic E-state index is 0.178. The summed E-state index contributed by atoms with van der Waals surface area (Å²) < 4.78 is 7.08. The van der Waals surface area contributed by atoms with E-state index in [2.05, 4.69) is 10.3 Å². The highest BCUT2D eigenvalue weighted by atomic mass is 16.5. The van der Waals surface area contributed by atoms with E-state index in [4.69, 9.17) is 4.74 Å². The van der Waals surface area contributed by atoms with Gasteiger partial charge in [0.2, 0.25) is 0 Å². The average molecular weight is 343 g/mol. The van der Waals surface area contributed by atoms with E-state index in [9.17, 15) is 4.79 Å². The number of rotatable bonds is 4. The summed E-state index contributed by atoms with van der Waals surface area (Å²) in [5, 5.41) is 2.92. The summed E-state index contributed by atoms with van der Waals surface area (Å²) in [6, 6.07) is 20.5. The Labute approximate surface area is 150 Å². The molecule has 0 saturated carbocycles. The number of hydrogen-bond donors (Lipinski definition) is 1. The van der Waals surface area contributed by atoms with Gasteiger partial charge in [-0.2, -0.15) is 0 Å². The molecule has 1 amide bonds. The second-order valence-electron chi connectivity index (χ2n) is 5.82. The van der Waals surface area contributed by atoms with Crippen LogP contribution in [0.3, 0.4) is 0 Å². The Morgan fingerprint density at radius 2 is 1.77 bits per heavy atom. The maximum Gasteiger partial charge on any atom is 0.256 e. The summed E-state index contributed by atoms with van der Waals surface area (Å²) in [6.45, 7) is 0. The minimum atomic E-state index is -0.178. The molecule has 26 heavy (non-hydrogen) atoms. The van der Waals surface area contributed by atoms with Gasteiger partial charge in [0.25, 0.3) is 5.91 Å². The molecule has 0 spiro atoms. The quantitative estimate of drug-likeness (QED) is 0.602. The van der Waals surface area contributed by atoms with Crippen LogP contribution in [0.25, 0.3) is 16.9 Å². The molecular weight excluding hydrogens is 326 g/mol. The van der Waals surface area contributed by atoms with Crippen LogP contribution in [-0.4, -0.2) is 22.4 Å². The van der Waals surface area contributed by atoms with Crippen LogP contribution in [0.4, 0.5) is 5.69 Å². The van der Waals surface area contributed by atoms with Crippen LogP contribution in [0.2, 0.25) is 0 Å². The lowest BCUT2D eigenvalue weighted by molar-refractivity contribution is 0.102. The molecule has 0 aliphatic rings. The molecule has 2 aromatic heterocycles. The van der Waals surface area contributed by atoms with E-state index in [0.717, 1.165) is 22.7 Å². The molecule has 4 aromatic rings. The smallest absolute Gasteiger partial charge is 0.256 e. The zero-order chi connectivity index (χ0) is 17.9. The van der Waals surface area contributed by atoms with Crippen molar-refractivity contribution in [3.8, 4) is 17.0 Å². The van der Waals surface area contributed by atoms with Crippen molar-refractivity contribution in [3.05, 3.63) is 84.7 Å². The van der Waals surface area contributed by atoms with Gasteiger partial charge in [-0.15, -0.1) is 0 Å². The predicted molar refractivity (Wildman–Crippen MR) is 102 cm³/mol. The van der Waals surface area contributed by atoms with Crippen LogP contribution in [-0.2, 0) is 0 Å². The van der Waals surface area contributed by atoms with Crippen LogP contribution >= 0.6 is 0 Å². The number of anilines is 1. The third-order valence-electron chi connectivity index (χ3n) is 4.16. The maximum atomic E-state index is 12.8. The van der Waals surface area contributed by atoms with Gasteiger partial charge < -0.3 is 14.5 Å². The summed E-state index contributed by atoms with van der Waals surface area (Å²) in [5.74, 6) is 0.566. The van der Waals surface area contributed by atoms with E-state index < -0.39 is 0 Å². The molecule has 0 fully saturated rings. The van der Waals surface area contributed by atoms with Crippen LogP contribution in [0, 0.1) is 0 Å². The van der Waals surface area contributed by atoms with Crippen molar-refractivity contribution in [2.24, 2.45) is 0 Å². The van der Waals surface area contributed by atoms with Gasteiger partial charge in [0, 0.05) is 29.2 Å². The van der Waals surface area contributed by atoms with Gasteiger partial charge in [-0.05, 0) is 42.5 Å². The molecule has 0 saturated heterocycles. The van der Waals surface area contributed by atoms with Gasteiger partial charge in [-0.25, -0.2) is 4.98 Å². The number of aromatic nitrogens is 2. The fourth-order valence-corrected chi connectivity index (χ4v) is 2.84. The summed E-state index contributed by atoms with van der Waals surface area (Å²) in [7, 11) is 1.61. The lowest BCUT2D eigenvalue weighted by Gasteiger charge is -2.09. The fraction of sp³-hybridized carbons (Fsp3) is 0.0476. The van der Waals surface area contributed by atoms with Gasteiger partial charge in [0.1, 0.15) is 11.4 Å². The van der Waals surface area contributed by atoms with Gasteiger partial charge in [-0.1, -0.05) is 24.3 Å². The number of hydrogen-bond acceptors (Lipinski definition) is 3. The lowest BCUT2D eigenvalue weighted by Crippen LogP contribution is -2.13. The number of imidazole rings is 1. The van der Waals surface area contributed by atoms with Crippen molar-refractivity contribution >= 4 is 17.2 Å². The Bertz CT molecular complexity index is 1040. The van der Waals surface area contributed by atoms with Gasteiger partial charge in [-0.3, -0.25) is 4.79 Å². The number of nitrogens with zero attached hydrogens (tertiary/aromatic N) is 2. The van der Waals surface area contributed by atoms with Crippen molar-refractivity contribution in [1.29, 1.82) is 0 Å². The standard InChI is InChI=1S/C21H17N3O2/c1-26-16-11-9-15(10-12-16)22-21(25)18-7-3-2-6-17(18)19-14-24-13-5-4-8-20(24)23-19/h2-14H,1H3,(H,22,25). The highest BCUT2D eigenvalue weighted by molar-refractivity contribution is 6.08. The van der Waals surface area contributed by atoms with Crippen molar-refractivity contribution < 1.29 is 9.53 Å². The van der Waals surface area contributed by atoms with Crippen LogP contribution in [0.15, 0.2) is 79.1 Å². The normalized spacial score (nSPS) is 10.7. The third-order valence-corrected chi connectivity index (χ3v) is 4.16. The molecule has 5 nitrogen and oxygen atoms in total. The lowest BCUT2D eigenvalue weighted by atomic mass is 10.0. The number of benzene rings is 2. The second kappa shape index (κ2) is 6.72. The molecule has 1 N–H and O–H groups in total.